The molecule has 0 radical (unpaired) electrons. The molecule has 42 heavy (non-hydrogen) atoms. The van der Waals surface area contributed by atoms with E-state index in [-0.39, 0.29) is 40.4 Å². The highest BCUT2D eigenvalue weighted by molar-refractivity contribution is 5.84. The van der Waals surface area contributed by atoms with Crippen LogP contribution in [0.4, 0.5) is 0 Å². The van der Waals surface area contributed by atoms with Gasteiger partial charge in [-0.25, -0.2) is 0 Å². The van der Waals surface area contributed by atoms with Crippen LogP contribution in [0.3, 0.4) is 0 Å². The Morgan fingerprint density at radius 3 is 1.67 bits per heavy atom. The van der Waals surface area contributed by atoms with Crippen LogP contribution < -0.4 is 21.3 Å². The van der Waals surface area contributed by atoms with Crippen LogP contribution in [0.25, 0.3) is 0 Å². The summed E-state index contributed by atoms with van der Waals surface area (Å²) in [5.41, 5.74) is -1.52. The van der Waals surface area contributed by atoms with Crippen molar-refractivity contribution in [3.63, 3.8) is 0 Å². The maximum absolute atomic E-state index is 13.1. The number of carbonyl (C=O) groups excluding carboxylic acids is 3. The molecule has 248 valence electrons. The van der Waals surface area contributed by atoms with Gasteiger partial charge in [0.05, 0.1) is 13.2 Å². The van der Waals surface area contributed by atoms with Crippen molar-refractivity contribution in [1.82, 2.24) is 21.3 Å². The molecule has 5 atom stereocenters. The van der Waals surface area contributed by atoms with E-state index in [1.165, 1.54) is 0 Å². The van der Waals surface area contributed by atoms with Crippen LogP contribution in [0.1, 0.15) is 114 Å². The van der Waals surface area contributed by atoms with Gasteiger partial charge in [-0.2, -0.15) is 0 Å². The number of ether oxygens (including phenoxy) is 1. The Kier molecular flexibility index (Phi) is 17.4. The molecular formula is C33H66N4O5. The Labute approximate surface area is 257 Å². The summed E-state index contributed by atoms with van der Waals surface area (Å²) >= 11 is 0. The first-order valence-corrected chi connectivity index (χ1v) is 16.1. The smallest absolute Gasteiger partial charge is 0.225 e. The molecule has 0 aromatic heterocycles. The van der Waals surface area contributed by atoms with Crippen molar-refractivity contribution in [2.75, 3.05) is 40.4 Å². The topological polar surface area (TPSA) is 129 Å². The summed E-state index contributed by atoms with van der Waals surface area (Å²) < 4.78 is 6.30. The summed E-state index contributed by atoms with van der Waals surface area (Å²) in [7, 11) is 3.35. The standard InChI is InChI=1S/C33H66N4O5/c1-13-17-33(10,21-37-27(39)25(15-3)19-31(7,8)29(41)35-12)23-42-22-32(9,16-4)20-36-26(38)24(14-2)18-30(5,6)28(40)34-11/h24-25,28,34,40H,13-23H2,1-12H3,(H,35,41)(H,36,38)(H,37,39). The minimum absolute atomic E-state index is 0.0113. The molecule has 0 bridgehead atoms. The lowest BCUT2D eigenvalue weighted by molar-refractivity contribution is -0.132. The average molecular weight is 599 g/mol. The third-order valence-corrected chi connectivity index (χ3v) is 9.10. The van der Waals surface area contributed by atoms with E-state index >= 15 is 0 Å². The third kappa shape index (κ3) is 13.3. The van der Waals surface area contributed by atoms with Gasteiger partial charge in [0, 0.05) is 53.6 Å². The molecule has 0 spiro atoms. The Bertz CT molecular complexity index is 833. The first-order chi connectivity index (χ1) is 19.4. The van der Waals surface area contributed by atoms with Crippen molar-refractivity contribution in [3.05, 3.63) is 0 Å². The summed E-state index contributed by atoms with van der Waals surface area (Å²) in [5, 5.41) is 22.2. The Hall–Kier alpha value is -1.71. The van der Waals surface area contributed by atoms with Gasteiger partial charge < -0.3 is 25.8 Å². The zero-order valence-corrected chi connectivity index (χ0v) is 29.1. The molecule has 0 aliphatic heterocycles. The van der Waals surface area contributed by atoms with Crippen molar-refractivity contribution < 1.29 is 24.2 Å². The molecule has 9 heteroatoms. The molecule has 0 rings (SSSR count). The van der Waals surface area contributed by atoms with Crippen LogP contribution in [-0.2, 0) is 19.1 Å². The SMILES string of the molecule is CCCC(C)(CNC(=O)C(CC)CC(C)(C)C(=O)NC)COCC(C)(CC)CNC(=O)C(CC)CC(C)(C)C(O)NC. The molecular weight excluding hydrogens is 532 g/mol. The molecule has 0 aliphatic carbocycles. The second kappa shape index (κ2) is 18.2. The number of carbonyl (C=O) groups is 3. The van der Waals surface area contributed by atoms with Crippen molar-refractivity contribution in [2.45, 2.75) is 120 Å². The first-order valence-electron chi connectivity index (χ1n) is 16.1. The number of hydrogen-bond acceptors (Lipinski definition) is 6. The number of amides is 3. The Balaban J connectivity index is 5.16. The van der Waals surface area contributed by atoms with Crippen LogP contribution in [0.15, 0.2) is 0 Å². The first kappa shape index (κ1) is 40.3. The lowest BCUT2D eigenvalue weighted by Crippen LogP contribution is -2.46. The Morgan fingerprint density at radius 1 is 0.762 bits per heavy atom. The second-order valence-corrected chi connectivity index (χ2v) is 14.4. The van der Waals surface area contributed by atoms with E-state index in [0.717, 1.165) is 19.3 Å². The summed E-state index contributed by atoms with van der Waals surface area (Å²) in [6.07, 6.45) is 4.47. The number of hydrogen-bond donors (Lipinski definition) is 5. The van der Waals surface area contributed by atoms with E-state index in [2.05, 4.69) is 49.0 Å². The van der Waals surface area contributed by atoms with E-state index in [4.69, 9.17) is 4.74 Å². The number of aliphatic hydroxyl groups is 1. The lowest BCUT2D eigenvalue weighted by atomic mass is 9.79. The molecule has 0 aromatic rings. The predicted molar refractivity (Wildman–Crippen MR) is 172 cm³/mol. The van der Waals surface area contributed by atoms with Crippen LogP contribution in [0.2, 0.25) is 0 Å². The van der Waals surface area contributed by atoms with Crippen molar-refractivity contribution in [3.8, 4) is 0 Å². The molecule has 5 unspecified atom stereocenters. The highest BCUT2D eigenvalue weighted by Crippen LogP contribution is 2.31. The van der Waals surface area contributed by atoms with E-state index < -0.39 is 17.1 Å². The van der Waals surface area contributed by atoms with Crippen molar-refractivity contribution >= 4 is 17.7 Å². The van der Waals surface area contributed by atoms with Gasteiger partial charge in [-0.05, 0) is 45.6 Å². The monoisotopic (exact) mass is 599 g/mol. The molecule has 3 amide bonds. The molecule has 0 aromatic carbocycles. The summed E-state index contributed by atoms with van der Waals surface area (Å²) in [5.74, 6) is -0.494. The molecule has 9 nitrogen and oxygen atoms in total. The van der Waals surface area contributed by atoms with Gasteiger partial charge in [-0.3, -0.25) is 19.7 Å². The maximum Gasteiger partial charge on any atom is 0.225 e. The molecule has 5 N–H and O–H groups in total. The Morgan fingerprint density at radius 2 is 1.24 bits per heavy atom. The van der Waals surface area contributed by atoms with Crippen molar-refractivity contribution in [1.29, 1.82) is 0 Å². The van der Waals surface area contributed by atoms with Crippen LogP contribution in [-0.4, -0.2) is 69.5 Å². The molecule has 0 heterocycles. The van der Waals surface area contributed by atoms with Gasteiger partial charge in [0.2, 0.25) is 17.7 Å². The minimum Gasteiger partial charge on any atom is -0.380 e. The largest absolute Gasteiger partial charge is 0.380 e. The number of aliphatic hydroxyl groups excluding tert-OH is 1. The maximum atomic E-state index is 13.1. The number of nitrogens with one attached hydrogen (secondary N) is 4. The van der Waals surface area contributed by atoms with Gasteiger partial charge in [-0.15, -0.1) is 0 Å². The fourth-order valence-electron chi connectivity index (χ4n) is 5.56. The summed E-state index contributed by atoms with van der Waals surface area (Å²) in [6.45, 7) is 22.2. The fourth-order valence-corrected chi connectivity index (χ4v) is 5.56. The zero-order chi connectivity index (χ0) is 32.8. The van der Waals surface area contributed by atoms with E-state index in [0.29, 0.717) is 52.0 Å². The third-order valence-electron chi connectivity index (χ3n) is 9.10. The molecule has 0 aliphatic rings. The lowest BCUT2D eigenvalue weighted by Gasteiger charge is -2.35. The quantitative estimate of drug-likeness (QED) is 0.116. The zero-order valence-electron chi connectivity index (χ0n) is 29.1. The normalized spacial score (nSPS) is 17.4. The van der Waals surface area contributed by atoms with Crippen LogP contribution in [0, 0.1) is 33.5 Å². The fraction of sp³-hybridized carbons (Fsp3) is 0.909. The van der Waals surface area contributed by atoms with Gasteiger partial charge in [0.1, 0.15) is 6.23 Å². The van der Waals surface area contributed by atoms with Crippen molar-refractivity contribution in [2.24, 2.45) is 33.5 Å². The van der Waals surface area contributed by atoms with E-state index in [1.807, 2.05) is 41.5 Å². The summed E-state index contributed by atoms with van der Waals surface area (Å²) in [6, 6.07) is 0. The highest BCUT2D eigenvalue weighted by atomic mass is 16.5. The summed E-state index contributed by atoms with van der Waals surface area (Å²) in [4.78, 5) is 38.5. The molecule has 0 saturated carbocycles. The van der Waals surface area contributed by atoms with Gasteiger partial charge in [0.15, 0.2) is 0 Å². The number of rotatable bonds is 22. The van der Waals surface area contributed by atoms with E-state index in [1.54, 1.807) is 14.1 Å². The van der Waals surface area contributed by atoms with Gasteiger partial charge >= 0.3 is 0 Å². The van der Waals surface area contributed by atoms with Crippen LogP contribution >= 0.6 is 0 Å². The highest BCUT2D eigenvalue weighted by Gasteiger charge is 2.35. The molecule has 0 saturated heterocycles. The van der Waals surface area contributed by atoms with E-state index in [9.17, 15) is 19.5 Å². The molecule has 0 fully saturated rings. The second-order valence-electron chi connectivity index (χ2n) is 14.4. The predicted octanol–water partition coefficient (Wildman–Crippen LogP) is 4.63. The van der Waals surface area contributed by atoms with Crippen LogP contribution in [0.5, 0.6) is 0 Å². The minimum atomic E-state index is -0.682. The van der Waals surface area contributed by atoms with Gasteiger partial charge in [-0.1, -0.05) is 75.7 Å². The van der Waals surface area contributed by atoms with Gasteiger partial charge in [0.25, 0.3) is 0 Å². The average Bonchev–Trinajstić information content (AvgIpc) is 2.95.